The standard InChI is InChI=1S/C16H15FO3S/c1-11-7-9-13(10-8-11)16(18)12(2)21(19,20)15-6-4-3-5-14(15)17/h3-10,12H,1-2H3. The number of carbonyl (C=O) groups excluding carboxylic acids is 1. The van der Waals surface area contributed by atoms with Crippen molar-refractivity contribution in [2.45, 2.75) is 24.0 Å². The van der Waals surface area contributed by atoms with Crippen LogP contribution >= 0.6 is 0 Å². The van der Waals surface area contributed by atoms with Gasteiger partial charge in [-0.25, -0.2) is 12.8 Å². The Morgan fingerprint density at radius 1 is 1.05 bits per heavy atom. The summed E-state index contributed by atoms with van der Waals surface area (Å²) in [5.41, 5.74) is 1.27. The van der Waals surface area contributed by atoms with Crippen LogP contribution in [0.2, 0.25) is 0 Å². The van der Waals surface area contributed by atoms with Crippen molar-refractivity contribution < 1.29 is 17.6 Å². The van der Waals surface area contributed by atoms with Crippen molar-refractivity contribution >= 4 is 15.6 Å². The van der Waals surface area contributed by atoms with E-state index >= 15 is 0 Å². The maximum absolute atomic E-state index is 13.7. The maximum Gasteiger partial charge on any atom is 0.191 e. The minimum Gasteiger partial charge on any atom is -0.293 e. The summed E-state index contributed by atoms with van der Waals surface area (Å²) < 4.78 is 38.4. The van der Waals surface area contributed by atoms with Gasteiger partial charge in [0.15, 0.2) is 15.6 Å². The number of aryl methyl sites for hydroxylation is 1. The van der Waals surface area contributed by atoms with Crippen LogP contribution in [-0.2, 0) is 9.84 Å². The molecule has 0 bridgehead atoms. The van der Waals surface area contributed by atoms with Gasteiger partial charge in [-0.2, -0.15) is 0 Å². The summed E-state index contributed by atoms with van der Waals surface area (Å²) in [7, 11) is -4.05. The Labute approximate surface area is 123 Å². The number of hydrogen-bond acceptors (Lipinski definition) is 3. The lowest BCUT2D eigenvalue weighted by atomic mass is 10.1. The first kappa shape index (κ1) is 15.4. The Balaban J connectivity index is 2.39. The van der Waals surface area contributed by atoms with Crippen LogP contribution in [0.15, 0.2) is 53.4 Å². The molecule has 1 unspecified atom stereocenters. The van der Waals surface area contributed by atoms with E-state index in [1.54, 1.807) is 24.3 Å². The van der Waals surface area contributed by atoms with Gasteiger partial charge in [0.1, 0.15) is 16.0 Å². The van der Waals surface area contributed by atoms with E-state index in [0.717, 1.165) is 11.6 Å². The van der Waals surface area contributed by atoms with E-state index in [1.165, 1.54) is 25.1 Å². The van der Waals surface area contributed by atoms with Gasteiger partial charge in [0, 0.05) is 5.56 Å². The molecule has 5 heteroatoms. The third-order valence-electron chi connectivity index (χ3n) is 3.31. The second-order valence-electron chi connectivity index (χ2n) is 4.85. The fraction of sp³-hybridized carbons (Fsp3) is 0.188. The monoisotopic (exact) mass is 306 g/mol. The molecule has 0 aliphatic rings. The van der Waals surface area contributed by atoms with E-state index in [1.807, 2.05) is 6.92 Å². The summed E-state index contributed by atoms with van der Waals surface area (Å²) in [6.45, 7) is 3.15. The number of halogens is 1. The Morgan fingerprint density at radius 2 is 1.62 bits per heavy atom. The Kier molecular flexibility index (Phi) is 4.23. The molecule has 0 saturated carbocycles. The topological polar surface area (TPSA) is 51.2 Å². The van der Waals surface area contributed by atoms with Crippen molar-refractivity contribution in [1.82, 2.24) is 0 Å². The largest absolute Gasteiger partial charge is 0.293 e. The molecule has 0 saturated heterocycles. The Morgan fingerprint density at radius 3 is 2.19 bits per heavy atom. The molecule has 2 rings (SSSR count). The number of hydrogen-bond donors (Lipinski definition) is 0. The molecule has 3 nitrogen and oxygen atoms in total. The molecule has 0 aliphatic heterocycles. The van der Waals surface area contributed by atoms with Gasteiger partial charge < -0.3 is 0 Å². The van der Waals surface area contributed by atoms with Gasteiger partial charge in [-0.3, -0.25) is 4.79 Å². The minimum absolute atomic E-state index is 0.299. The molecule has 0 heterocycles. The normalized spacial score (nSPS) is 12.9. The van der Waals surface area contributed by atoms with Crippen LogP contribution < -0.4 is 0 Å². The zero-order valence-corrected chi connectivity index (χ0v) is 12.5. The summed E-state index contributed by atoms with van der Waals surface area (Å²) in [6.07, 6.45) is 0. The number of sulfone groups is 1. The van der Waals surface area contributed by atoms with Gasteiger partial charge in [0.2, 0.25) is 0 Å². The van der Waals surface area contributed by atoms with Gasteiger partial charge in [-0.15, -0.1) is 0 Å². The van der Waals surface area contributed by atoms with E-state index in [9.17, 15) is 17.6 Å². The maximum atomic E-state index is 13.7. The predicted octanol–water partition coefficient (Wildman–Crippen LogP) is 3.18. The van der Waals surface area contributed by atoms with Crippen LogP contribution in [0, 0.1) is 12.7 Å². The zero-order valence-electron chi connectivity index (χ0n) is 11.7. The van der Waals surface area contributed by atoms with Gasteiger partial charge in [0.05, 0.1) is 0 Å². The molecule has 0 aliphatic carbocycles. The molecular formula is C16H15FO3S. The summed E-state index contributed by atoms with van der Waals surface area (Å²) in [4.78, 5) is 11.8. The molecule has 0 radical (unpaired) electrons. The minimum atomic E-state index is -4.05. The zero-order chi connectivity index (χ0) is 15.6. The van der Waals surface area contributed by atoms with Crippen LogP contribution in [0.5, 0.6) is 0 Å². The molecule has 1 atom stereocenters. The second-order valence-corrected chi connectivity index (χ2v) is 7.08. The molecule has 0 amide bonds. The average molecular weight is 306 g/mol. The van der Waals surface area contributed by atoms with Crippen molar-refractivity contribution in [2.24, 2.45) is 0 Å². The van der Waals surface area contributed by atoms with Crippen molar-refractivity contribution in [3.8, 4) is 0 Å². The third kappa shape index (κ3) is 3.03. The first-order chi connectivity index (χ1) is 9.84. The van der Waals surface area contributed by atoms with Crippen LogP contribution in [0.1, 0.15) is 22.8 Å². The molecule has 110 valence electrons. The Bertz CT molecular complexity index is 764. The first-order valence-corrected chi connectivity index (χ1v) is 7.98. The first-order valence-electron chi connectivity index (χ1n) is 6.43. The fourth-order valence-electron chi connectivity index (χ4n) is 1.96. The highest BCUT2D eigenvalue weighted by Crippen LogP contribution is 2.22. The van der Waals surface area contributed by atoms with Crippen LogP contribution in [0.4, 0.5) is 4.39 Å². The fourth-order valence-corrected chi connectivity index (χ4v) is 3.37. The van der Waals surface area contributed by atoms with Crippen molar-refractivity contribution in [3.05, 3.63) is 65.5 Å². The van der Waals surface area contributed by atoms with E-state index in [-0.39, 0.29) is 0 Å². The number of carbonyl (C=O) groups is 1. The molecule has 0 spiro atoms. The van der Waals surface area contributed by atoms with E-state index in [2.05, 4.69) is 0 Å². The molecule has 0 aromatic heterocycles. The summed E-state index contributed by atoms with van der Waals surface area (Å²) in [5, 5.41) is -1.34. The number of rotatable bonds is 4. The van der Waals surface area contributed by atoms with Crippen molar-refractivity contribution in [3.63, 3.8) is 0 Å². The SMILES string of the molecule is Cc1ccc(C(=O)C(C)S(=O)(=O)c2ccccc2F)cc1. The van der Waals surface area contributed by atoms with E-state index < -0.39 is 31.6 Å². The Hall–Kier alpha value is -2.01. The highest BCUT2D eigenvalue weighted by Gasteiger charge is 2.32. The van der Waals surface area contributed by atoms with Crippen molar-refractivity contribution in [2.75, 3.05) is 0 Å². The number of benzene rings is 2. The highest BCUT2D eigenvalue weighted by molar-refractivity contribution is 7.92. The lowest BCUT2D eigenvalue weighted by Crippen LogP contribution is -2.28. The molecular weight excluding hydrogens is 291 g/mol. The summed E-state index contributed by atoms with van der Waals surface area (Å²) >= 11 is 0. The van der Waals surface area contributed by atoms with Crippen LogP contribution in [0.3, 0.4) is 0 Å². The van der Waals surface area contributed by atoms with E-state index in [0.29, 0.717) is 5.56 Å². The smallest absolute Gasteiger partial charge is 0.191 e. The molecule has 2 aromatic carbocycles. The van der Waals surface area contributed by atoms with Gasteiger partial charge in [-0.05, 0) is 26.0 Å². The predicted molar refractivity (Wildman–Crippen MR) is 78.6 cm³/mol. The molecule has 2 aromatic rings. The summed E-state index contributed by atoms with van der Waals surface area (Å²) in [6, 6.07) is 11.7. The molecule has 21 heavy (non-hydrogen) atoms. The summed E-state index contributed by atoms with van der Waals surface area (Å²) in [5.74, 6) is -1.39. The lowest BCUT2D eigenvalue weighted by Gasteiger charge is -2.13. The third-order valence-corrected chi connectivity index (χ3v) is 5.40. The number of ketones is 1. The van der Waals surface area contributed by atoms with Crippen molar-refractivity contribution in [1.29, 1.82) is 0 Å². The van der Waals surface area contributed by atoms with E-state index in [4.69, 9.17) is 0 Å². The van der Waals surface area contributed by atoms with Gasteiger partial charge in [-0.1, -0.05) is 42.0 Å². The van der Waals surface area contributed by atoms with Gasteiger partial charge >= 0.3 is 0 Å². The van der Waals surface area contributed by atoms with Crippen LogP contribution in [-0.4, -0.2) is 19.5 Å². The molecule has 0 N–H and O–H groups in total. The highest BCUT2D eigenvalue weighted by atomic mass is 32.2. The number of Topliss-reactive ketones (excluding diaryl/α,β-unsaturated/α-hetero) is 1. The van der Waals surface area contributed by atoms with Gasteiger partial charge in [0.25, 0.3) is 0 Å². The second kappa shape index (κ2) is 5.77. The lowest BCUT2D eigenvalue weighted by molar-refractivity contribution is 0.0991. The average Bonchev–Trinajstić information content (AvgIpc) is 2.46. The molecule has 0 fully saturated rings. The van der Waals surface area contributed by atoms with Crippen LogP contribution in [0.25, 0.3) is 0 Å². The quantitative estimate of drug-likeness (QED) is 0.815.